The summed E-state index contributed by atoms with van der Waals surface area (Å²) in [5.41, 5.74) is 0.376. The van der Waals surface area contributed by atoms with Gasteiger partial charge in [-0.05, 0) is 44.0 Å². The molecule has 0 bridgehead atoms. The highest BCUT2D eigenvalue weighted by Gasteiger charge is 2.51. The summed E-state index contributed by atoms with van der Waals surface area (Å²) in [5, 5.41) is 3.62. The van der Waals surface area contributed by atoms with Crippen LogP contribution in [0.2, 0.25) is 5.02 Å². The average molecular weight is 336 g/mol. The number of nitrogens with one attached hydrogen (secondary N) is 1. The second kappa shape index (κ2) is 6.13. The van der Waals surface area contributed by atoms with E-state index in [0.717, 1.165) is 37.5 Å². The molecular weight excluding hydrogens is 314 g/mol. The molecule has 124 valence electrons. The summed E-state index contributed by atoms with van der Waals surface area (Å²) in [6.45, 7) is 4.45. The lowest BCUT2D eigenvalue weighted by atomic mass is 9.80. The van der Waals surface area contributed by atoms with Gasteiger partial charge < -0.3 is 5.32 Å². The van der Waals surface area contributed by atoms with E-state index in [-0.39, 0.29) is 17.9 Å². The standard InChI is InChI=1S/C17H22ClN3O2/c1-17(15(22)20(2)16(23)19-17)13-6-4-8-21(11-13)10-12-5-3-7-14(18)9-12/h3,5,7,9,13H,4,6,8,10-11H2,1-2H3,(H,19,23)/t13-,17+/m0/s1. The average Bonchev–Trinajstić information content (AvgIpc) is 2.72. The van der Waals surface area contributed by atoms with Gasteiger partial charge in [0.15, 0.2) is 0 Å². The maximum atomic E-state index is 12.5. The number of hydrogen-bond acceptors (Lipinski definition) is 3. The van der Waals surface area contributed by atoms with Gasteiger partial charge in [0.25, 0.3) is 5.91 Å². The molecular formula is C17H22ClN3O2. The number of likely N-dealkylation sites (N-methyl/N-ethyl adjacent to an activating group) is 1. The molecule has 6 heteroatoms. The molecule has 1 N–H and O–H groups in total. The lowest BCUT2D eigenvalue weighted by Gasteiger charge is -2.39. The Labute approximate surface area is 141 Å². The first-order valence-electron chi connectivity index (χ1n) is 7.97. The van der Waals surface area contributed by atoms with Gasteiger partial charge in [0, 0.05) is 31.1 Å². The summed E-state index contributed by atoms with van der Waals surface area (Å²) >= 11 is 6.05. The van der Waals surface area contributed by atoms with Crippen molar-refractivity contribution in [1.82, 2.24) is 15.1 Å². The lowest BCUT2D eigenvalue weighted by molar-refractivity contribution is -0.132. The number of amides is 3. The summed E-state index contributed by atoms with van der Waals surface area (Å²) in [7, 11) is 1.54. The van der Waals surface area contributed by atoms with Crippen LogP contribution in [-0.4, -0.2) is 47.4 Å². The first kappa shape index (κ1) is 16.3. The van der Waals surface area contributed by atoms with Gasteiger partial charge in [-0.1, -0.05) is 23.7 Å². The molecule has 0 aromatic heterocycles. The van der Waals surface area contributed by atoms with Gasteiger partial charge in [-0.15, -0.1) is 0 Å². The number of carbonyl (C=O) groups excluding carboxylic acids is 2. The van der Waals surface area contributed by atoms with Gasteiger partial charge in [0.2, 0.25) is 0 Å². The van der Waals surface area contributed by atoms with Crippen molar-refractivity contribution in [3.63, 3.8) is 0 Å². The Morgan fingerprint density at radius 3 is 2.83 bits per heavy atom. The van der Waals surface area contributed by atoms with E-state index in [1.54, 1.807) is 0 Å². The Balaban J connectivity index is 1.71. The van der Waals surface area contributed by atoms with Crippen LogP contribution in [0.5, 0.6) is 0 Å². The largest absolute Gasteiger partial charge is 0.324 e. The molecule has 23 heavy (non-hydrogen) atoms. The van der Waals surface area contributed by atoms with Crippen molar-refractivity contribution in [3.8, 4) is 0 Å². The van der Waals surface area contributed by atoms with Crippen LogP contribution in [0.1, 0.15) is 25.3 Å². The van der Waals surface area contributed by atoms with Crippen molar-refractivity contribution in [1.29, 1.82) is 0 Å². The molecule has 2 aliphatic heterocycles. The predicted octanol–water partition coefficient (Wildman–Crippen LogP) is 2.49. The monoisotopic (exact) mass is 335 g/mol. The molecule has 0 saturated carbocycles. The normalized spacial score (nSPS) is 29.0. The number of rotatable bonds is 3. The van der Waals surface area contributed by atoms with Crippen LogP contribution in [0.4, 0.5) is 4.79 Å². The lowest BCUT2D eigenvalue weighted by Crippen LogP contribution is -2.55. The maximum absolute atomic E-state index is 12.5. The summed E-state index contributed by atoms with van der Waals surface area (Å²) in [5.74, 6) is -0.00561. The minimum Gasteiger partial charge on any atom is -0.323 e. The van der Waals surface area contributed by atoms with E-state index in [1.165, 1.54) is 17.5 Å². The van der Waals surface area contributed by atoms with Crippen molar-refractivity contribution < 1.29 is 9.59 Å². The Morgan fingerprint density at radius 1 is 1.39 bits per heavy atom. The van der Waals surface area contributed by atoms with Crippen LogP contribution in [0.15, 0.2) is 24.3 Å². The highest BCUT2D eigenvalue weighted by molar-refractivity contribution is 6.30. The first-order valence-corrected chi connectivity index (χ1v) is 8.35. The number of imide groups is 1. The van der Waals surface area contributed by atoms with E-state index in [9.17, 15) is 9.59 Å². The van der Waals surface area contributed by atoms with E-state index in [4.69, 9.17) is 11.6 Å². The molecule has 0 spiro atoms. The van der Waals surface area contributed by atoms with Crippen molar-refractivity contribution in [2.24, 2.45) is 5.92 Å². The molecule has 3 rings (SSSR count). The highest BCUT2D eigenvalue weighted by Crippen LogP contribution is 2.32. The fourth-order valence-corrected chi connectivity index (χ4v) is 3.85. The van der Waals surface area contributed by atoms with Gasteiger partial charge in [-0.25, -0.2) is 4.79 Å². The maximum Gasteiger partial charge on any atom is 0.324 e. The van der Waals surface area contributed by atoms with Gasteiger partial charge in [0.1, 0.15) is 5.54 Å². The number of halogens is 1. The summed E-state index contributed by atoms with van der Waals surface area (Å²) in [4.78, 5) is 27.8. The Bertz CT molecular complexity index is 636. The molecule has 1 aromatic carbocycles. The van der Waals surface area contributed by atoms with Crippen LogP contribution in [0, 0.1) is 5.92 Å². The van der Waals surface area contributed by atoms with Crippen LogP contribution >= 0.6 is 11.6 Å². The van der Waals surface area contributed by atoms with Crippen LogP contribution in [0.3, 0.4) is 0 Å². The first-order chi connectivity index (χ1) is 10.9. The highest BCUT2D eigenvalue weighted by atomic mass is 35.5. The van der Waals surface area contributed by atoms with Crippen molar-refractivity contribution in [3.05, 3.63) is 34.9 Å². The molecule has 2 heterocycles. The van der Waals surface area contributed by atoms with Gasteiger partial charge in [0.05, 0.1) is 0 Å². The Kier molecular flexibility index (Phi) is 4.34. The number of piperidine rings is 1. The zero-order valence-electron chi connectivity index (χ0n) is 13.5. The summed E-state index contributed by atoms with van der Waals surface area (Å²) < 4.78 is 0. The molecule has 2 aliphatic rings. The zero-order chi connectivity index (χ0) is 16.6. The van der Waals surface area contributed by atoms with Crippen LogP contribution in [-0.2, 0) is 11.3 Å². The van der Waals surface area contributed by atoms with Crippen molar-refractivity contribution in [2.45, 2.75) is 31.8 Å². The second-order valence-electron chi connectivity index (χ2n) is 6.70. The van der Waals surface area contributed by atoms with E-state index in [2.05, 4.69) is 16.3 Å². The van der Waals surface area contributed by atoms with Crippen molar-refractivity contribution in [2.75, 3.05) is 20.1 Å². The predicted molar refractivity (Wildman–Crippen MR) is 89.2 cm³/mol. The van der Waals surface area contributed by atoms with Gasteiger partial charge >= 0.3 is 6.03 Å². The van der Waals surface area contributed by atoms with Gasteiger partial charge in [-0.2, -0.15) is 0 Å². The van der Waals surface area contributed by atoms with E-state index in [0.29, 0.717) is 0 Å². The smallest absolute Gasteiger partial charge is 0.323 e. The molecule has 0 aliphatic carbocycles. The van der Waals surface area contributed by atoms with Crippen molar-refractivity contribution >= 4 is 23.5 Å². The van der Waals surface area contributed by atoms with E-state index >= 15 is 0 Å². The number of nitrogens with zero attached hydrogens (tertiary/aromatic N) is 2. The number of hydrogen-bond donors (Lipinski definition) is 1. The summed E-state index contributed by atoms with van der Waals surface area (Å²) in [6.07, 6.45) is 1.97. The third kappa shape index (κ3) is 3.08. The quantitative estimate of drug-likeness (QED) is 0.863. The molecule has 1 aromatic rings. The minimum absolute atomic E-state index is 0.122. The molecule has 2 saturated heterocycles. The molecule has 5 nitrogen and oxygen atoms in total. The molecule has 2 atom stereocenters. The summed E-state index contributed by atoms with van der Waals surface area (Å²) in [6, 6.07) is 7.56. The van der Waals surface area contributed by atoms with Crippen LogP contribution in [0.25, 0.3) is 0 Å². The third-order valence-corrected chi connectivity index (χ3v) is 5.27. The minimum atomic E-state index is -0.793. The zero-order valence-corrected chi connectivity index (χ0v) is 14.3. The number of benzene rings is 1. The molecule has 3 amide bonds. The fraction of sp³-hybridized carbons (Fsp3) is 0.529. The third-order valence-electron chi connectivity index (χ3n) is 5.04. The van der Waals surface area contributed by atoms with Crippen LogP contribution < -0.4 is 5.32 Å². The Hall–Kier alpha value is -1.59. The number of urea groups is 1. The second-order valence-corrected chi connectivity index (χ2v) is 7.14. The van der Waals surface area contributed by atoms with E-state index < -0.39 is 5.54 Å². The SMILES string of the molecule is CN1C(=O)N[C@](C)([C@H]2CCCN(Cc3cccc(Cl)c3)C2)C1=O. The molecule has 0 unspecified atom stereocenters. The topological polar surface area (TPSA) is 52.7 Å². The fourth-order valence-electron chi connectivity index (χ4n) is 3.64. The Morgan fingerprint density at radius 2 is 2.17 bits per heavy atom. The number of carbonyl (C=O) groups is 2. The molecule has 2 fully saturated rings. The molecule has 0 radical (unpaired) electrons. The van der Waals surface area contributed by atoms with Gasteiger partial charge in [-0.3, -0.25) is 14.6 Å². The number of likely N-dealkylation sites (tertiary alicyclic amines) is 1. The van der Waals surface area contributed by atoms with E-state index in [1.807, 2.05) is 25.1 Å².